The van der Waals surface area contributed by atoms with E-state index in [1.54, 1.807) is 12.1 Å². The molecule has 0 saturated carbocycles. The highest BCUT2D eigenvalue weighted by molar-refractivity contribution is 6.03. The van der Waals surface area contributed by atoms with Crippen molar-refractivity contribution >= 4 is 11.7 Å². The third-order valence-electron chi connectivity index (χ3n) is 4.01. The number of carbonyl (C=O) groups is 1. The smallest absolute Gasteiger partial charge is 0.306 e. The summed E-state index contributed by atoms with van der Waals surface area (Å²) >= 11 is 0. The van der Waals surface area contributed by atoms with E-state index in [1.807, 2.05) is 0 Å². The molecule has 0 aliphatic heterocycles. The number of anilines is 1. The second-order valence-corrected chi connectivity index (χ2v) is 6.05. The summed E-state index contributed by atoms with van der Waals surface area (Å²) in [6, 6.07) is 6.92. The molecule has 0 fully saturated rings. The average Bonchev–Trinajstić information content (AvgIpc) is 3.22. The van der Waals surface area contributed by atoms with E-state index in [-0.39, 0.29) is 22.8 Å². The molecular weight excluding hydrogens is 399 g/mol. The van der Waals surface area contributed by atoms with Gasteiger partial charge in [0, 0.05) is 30.4 Å². The highest BCUT2D eigenvalue weighted by Crippen LogP contribution is 2.33. The number of alkyl halides is 3. The lowest BCUT2D eigenvalue weighted by molar-refractivity contribution is -0.142. The van der Waals surface area contributed by atoms with E-state index in [9.17, 15) is 18.0 Å². The van der Waals surface area contributed by atoms with Gasteiger partial charge in [-0.3, -0.25) is 9.78 Å². The van der Waals surface area contributed by atoms with Crippen LogP contribution >= 0.6 is 0 Å². The number of rotatable bonds is 4. The first kappa shape index (κ1) is 19.2. The molecule has 11 heteroatoms. The molecule has 1 amide bonds. The molecule has 0 aliphatic carbocycles. The van der Waals surface area contributed by atoms with Crippen molar-refractivity contribution in [3.05, 3.63) is 78.9 Å². The van der Waals surface area contributed by atoms with Gasteiger partial charge in [-0.05, 0) is 30.3 Å². The predicted molar refractivity (Wildman–Crippen MR) is 99.6 cm³/mol. The Hall–Kier alpha value is -4.15. The molecule has 4 rings (SSSR count). The SMILES string of the molecule is O=C(Nc1ccc(-n2nc(-c3cccnc3)cc2C(F)(F)F)cn1)c1cncnc1. The number of carbonyl (C=O) groups excluding carboxylic acids is 1. The summed E-state index contributed by atoms with van der Waals surface area (Å²) in [5, 5.41) is 6.59. The molecule has 0 bridgehead atoms. The summed E-state index contributed by atoms with van der Waals surface area (Å²) in [5.41, 5.74) is -0.0867. The lowest BCUT2D eigenvalue weighted by atomic mass is 10.2. The van der Waals surface area contributed by atoms with Crippen LogP contribution in [-0.2, 0) is 6.18 Å². The molecule has 4 aromatic rings. The number of nitrogens with one attached hydrogen (secondary N) is 1. The maximum absolute atomic E-state index is 13.5. The molecule has 30 heavy (non-hydrogen) atoms. The van der Waals surface area contributed by atoms with Gasteiger partial charge in [-0.1, -0.05) is 0 Å². The van der Waals surface area contributed by atoms with E-state index < -0.39 is 17.8 Å². The summed E-state index contributed by atoms with van der Waals surface area (Å²) in [5.74, 6) is -0.342. The van der Waals surface area contributed by atoms with Crippen molar-refractivity contribution in [1.29, 1.82) is 0 Å². The fourth-order valence-electron chi connectivity index (χ4n) is 2.63. The molecule has 8 nitrogen and oxygen atoms in total. The number of hydrogen-bond acceptors (Lipinski definition) is 6. The predicted octanol–water partition coefficient (Wildman–Crippen LogP) is 3.39. The number of pyridine rings is 2. The van der Waals surface area contributed by atoms with Gasteiger partial charge in [-0.25, -0.2) is 19.6 Å². The highest BCUT2D eigenvalue weighted by Gasteiger charge is 2.36. The van der Waals surface area contributed by atoms with Crippen LogP contribution in [0.25, 0.3) is 16.9 Å². The Balaban J connectivity index is 1.64. The third kappa shape index (κ3) is 3.99. The summed E-state index contributed by atoms with van der Waals surface area (Å²) < 4.78 is 41.4. The Morgan fingerprint density at radius 3 is 2.43 bits per heavy atom. The van der Waals surface area contributed by atoms with Gasteiger partial charge in [0.2, 0.25) is 0 Å². The number of hydrogen-bond donors (Lipinski definition) is 1. The zero-order valence-electron chi connectivity index (χ0n) is 15.1. The minimum Gasteiger partial charge on any atom is -0.306 e. The number of halogens is 3. The van der Waals surface area contributed by atoms with E-state index in [4.69, 9.17) is 0 Å². The number of amides is 1. The Labute approximate surface area is 167 Å². The topological polar surface area (TPSA) is 98.5 Å². The van der Waals surface area contributed by atoms with Gasteiger partial charge in [-0.2, -0.15) is 18.3 Å². The Morgan fingerprint density at radius 1 is 1.00 bits per heavy atom. The molecule has 0 saturated heterocycles. The van der Waals surface area contributed by atoms with Crippen molar-refractivity contribution in [2.45, 2.75) is 6.18 Å². The molecule has 0 unspecified atom stereocenters. The van der Waals surface area contributed by atoms with Gasteiger partial charge in [0.25, 0.3) is 5.91 Å². The molecule has 4 aromatic heterocycles. The number of aromatic nitrogens is 6. The van der Waals surface area contributed by atoms with Crippen molar-refractivity contribution < 1.29 is 18.0 Å². The van der Waals surface area contributed by atoms with Crippen LogP contribution < -0.4 is 5.32 Å². The first-order valence-corrected chi connectivity index (χ1v) is 8.52. The molecular formula is C19H12F3N7O. The van der Waals surface area contributed by atoms with Gasteiger partial charge in [-0.15, -0.1) is 0 Å². The molecule has 0 spiro atoms. The summed E-state index contributed by atoms with van der Waals surface area (Å²) in [4.78, 5) is 27.5. The zero-order valence-corrected chi connectivity index (χ0v) is 15.1. The van der Waals surface area contributed by atoms with Crippen LogP contribution in [0.15, 0.2) is 67.6 Å². The van der Waals surface area contributed by atoms with Crippen molar-refractivity contribution in [3.63, 3.8) is 0 Å². The Kier molecular flexibility index (Phi) is 4.92. The van der Waals surface area contributed by atoms with Crippen LogP contribution in [0.3, 0.4) is 0 Å². The maximum atomic E-state index is 13.5. The van der Waals surface area contributed by atoms with Crippen LogP contribution in [0.5, 0.6) is 0 Å². The van der Waals surface area contributed by atoms with Crippen LogP contribution in [0, 0.1) is 0 Å². The van der Waals surface area contributed by atoms with Gasteiger partial charge in [0.15, 0.2) is 0 Å². The van der Waals surface area contributed by atoms with Gasteiger partial charge < -0.3 is 5.32 Å². The fraction of sp³-hybridized carbons (Fsp3) is 0.0526. The average molecular weight is 411 g/mol. The molecule has 0 radical (unpaired) electrons. The molecule has 1 N–H and O–H groups in total. The zero-order chi connectivity index (χ0) is 21.1. The molecule has 0 atom stereocenters. The van der Waals surface area contributed by atoms with Crippen molar-refractivity contribution in [2.75, 3.05) is 5.32 Å². The van der Waals surface area contributed by atoms with Crippen LogP contribution in [-0.4, -0.2) is 35.6 Å². The van der Waals surface area contributed by atoms with E-state index in [1.165, 1.54) is 49.4 Å². The Bertz CT molecular complexity index is 1160. The van der Waals surface area contributed by atoms with Crippen molar-refractivity contribution in [3.8, 4) is 16.9 Å². The first-order chi connectivity index (χ1) is 14.4. The monoisotopic (exact) mass is 411 g/mol. The van der Waals surface area contributed by atoms with Crippen molar-refractivity contribution in [1.82, 2.24) is 29.7 Å². The lowest BCUT2D eigenvalue weighted by Gasteiger charge is -2.10. The standard InChI is InChI=1S/C19H12F3N7O/c20-19(21,22)16-6-15(12-2-1-5-23-7-12)28-29(16)14-3-4-17(26-10-14)27-18(30)13-8-24-11-25-9-13/h1-11H,(H,26,27,30). The summed E-state index contributed by atoms with van der Waals surface area (Å²) in [6.45, 7) is 0. The summed E-state index contributed by atoms with van der Waals surface area (Å²) in [6.07, 6.45) is 3.44. The lowest BCUT2D eigenvalue weighted by Crippen LogP contribution is -2.15. The molecule has 0 aromatic carbocycles. The first-order valence-electron chi connectivity index (χ1n) is 8.52. The normalized spacial score (nSPS) is 11.3. The molecule has 150 valence electrons. The van der Waals surface area contributed by atoms with Crippen LogP contribution in [0.2, 0.25) is 0 Å². The molecule has 4 heterocycles. The summed E-state index contributed by atoms with van der Waals surface area (Å²) in [7, 11) is 0. The minimum atomic E-state index is -4.63. The van der Waals surface area contributed by atoms with Gasteiger partial charge in [0.05, 0.1) is 23.1 Å². The second kappa shape index (κ2) is 7.70. The van der Waals surface area contributed by atoms with Gasteiger partial charge in [0.1, 0.15) is 17.8 Å². The maximum Gasteiger partial charge on any atom is 0.433 e. The second-order valence-electron chi connectivity index (χ2n) is 6.05. The third-order valence-corrected chi connectivity index (χ3v) is 4.01. The highest BCUT2D eigenvalue weighted by atomic mass is 19.4. The fourth-order valence-corrected chi connectivity index (χ4v) is 2.63. The Morgan fingerprint density at radius 2 is 1.80 bits per heavy atom. The number of nitrogens with zero attached hydrogens (tertiary/aromatic N) is 6. The minimum absolute atomic E-state index is 0.0820. The van der Waals surface area contributed by atoms with Crippen LogP contribution in [0.4, 0.5) is 19.0 Å². The van der Waals surface area contributed by atoms with Gasteiger partial charge >= 0.3 is 6.18 Å². The van der Waals surface area contributed by atoms with E-state index in [2.05, 4.69) is 30.4 Å². The van der Waals surface area contributed by atoms with E-state index >= 15 is 0 Å². The van der Waals surface area contributed by atoms with Crippen molar-refractivity contribution in [2.24, 2.45) is 0 Å². The van der Waals surface area contributed by atoms with Crippen LogP contribution in [0.1, 0.15) is 16.1 Å². The quantitative estimate of drug-likeness (QED) is 0.553. The van der Waals surface area contributed by atoms with E-state index in [0.717, 1.165) is 10.7 Å². The largest absolute Gasteiger partial charge is 0.433 e. The molecule has 0 aliphatic rings. The van der Waals surface area contributed by atoms with E-state index in [0.29, 0.717) is 5.56 Å².